The average molecular weight is 449 g/mol. The van der Waals surface area contributed by atoms with Crippen molar-refractivity contribution in [2.45, 2.75) is 4.90 Å². The molecule has 0 aliphatic carbocycles. The van der Waals surface area contributed by atoms with E-state index in [9.17, 15) is 17.6 Å². The van der Waals surface area contributed by atoms with E-state index in [0.717, 1.165) is 16.4 Å². The van der Waals surface area contributed by atoms with Gasteiger partial charge in [-0.3, -0.25) is 9.10 Å². The maximum Gasteiger partial charge on any atom is 0.264 e. The number of amides is 1. The molecule has 0 unspecified atom stereocenters. The number of benzene rings is 3. The summed E-state index contributed by atoms with van der Waals surface area (Å²) in [6, 6.07) is 15.7. The van der Waals surface area contributed by atoms with E-state index in [0.29, 0.717) is 11.4 Å². The van der Waals surface area contributed by atoms with Crippen LogP contribution in [0.4, 0.5) is 15.8 Å². The fourth-order valence-electron chi connectivity index (χ4n) is 2.67. The number of anilines is 2. The van der Waals surface area contributed by atoms with E-state index in [1.54, 1.807) is 24.3 Å². The van der Waals surface area contributed by atoms with Gasteiger partial charge in [-0.15, -0.1) is 0 Å². The van der Waals surface area contributed by atoms with Crippen LogP contribution in [0.25, 0.3) is 0 Å². The number of hydrogen-bond acceptors (Lipinski definition) is 4. The zero-order valence-corrected chi connectivity index (χ0v) is 17.7. The van der Waals surface area contributed by atoms with Crippen molar-refractivity contribution in [2.75, 3.05) is 23.8 Å². The normalized spacial score (nSPS) is 11.1. The zero-order valence-electron chi connectivity index (χ0n) is 16.1. The van der Waals surface area contributed by atoms with Crippen molar-refractivity contribution in [3.63, 3.8) is 0 Å². The molecule has 0 spiro atoms. The van der Waals surface area contributed by atoms with Crippen LogP contribution in [0.2, 0.25) is 5.02 Å². The Balaban J connectivity index is 1.86. The molecule has 0 saturated heterocycles. The lowest BCUT2D eigenvalue weighted by Gasteiger charge is -2.20. The molecule has 3 aromatic carbocycles. The second-order valence-corrected chi connectivity index (χ2v) is 8.65. The predicted octanol–water partition coefficient (Wildman–Crippen LogP) is 4.57. The number of hydrogen-bond donors (Lipinski definition) is 1. The molecule has 30 heavy (non-hydrogen) atoms. The predicted molar refractivity (Wildman–Crippen MR) is 114 cm³/mol. The van der Waals surface area contributed by atoms with Crippen LogP contribution in [0.3, 0.4) is 0 Å². The highest BCUT2D eigenvalue weighted by Crippen LogP contribution is 2.26. The summed E-state index contributed by atoms with van der Waals surface area (Å²) in [6.45, 7) is 0. The van der Waals surface area contributed by atoms with Gasteiger partial charge in [0.05, 0.1) is 28.4 Å². The first-order valence-corrected chi connectivity index (χ1v) is 10.5. The fraction of sp³-hybridized carbons (Fsp3) is 0.0952. The third-order valence-corrected chi connectivity index (χ3v) is 6.46. The summed E-state index contributed by atoms with van der Waals surface area (Å²) in [6.07, 6.45) is 0. The third kappa shape index (κ3) is 4.55. The minimum Gasteiger partial charge on any atom is -0.497 e. The number of carbonyl (C=O) groups is 1. The lowest BCUT2D eigenvalue weighted by molar-refractivity contribution is 0.102. The lowest BCUT2D eigenvalue weighted by atomic mass is 10.2. The highest BCUT2D eigenvalue weighted by atomic mass is 35.5. The first kappa shape index (κ1) is 21.6. The molecule has 0 fully saturated rings. The molecule has 1 amide bonds. The minimum atomic E-state index is -3.92. The second-order valence-electron chi connectivity index (χ2n) is 6.28. The van der Waals surface area contributed by atoms with Crippen molar-refractivity contribution in [3.8, 4) is 5.75 Å². The maximum absolute atomic E-state index is 13.2. The molecule has 0 heterocycles. The summed E-state index contributed by atoms with van der Waals surface area (Å²) in [5.41, 5.74) is 0.759. The standard InChI is InChI=1S/C21H18ClFN2O4S/c1-25(16-7-9-17(29-2)10-8-16)30(27,28)18-5-3-4-14(12-18)21(26)24-20-11-6-15(23)13-19(20)22/h3-13H,1-2H3,(H,24,26). The molecule has 0 aliphatic rings. The Labute approximate surface area is 178 Å². The van der Waals surface area contributed by atoms with Crippen LogP contribution in [0.5, 0.6) is 5.75 Å². The van der Waals surface area contributed by atoms with Gasteiger partial charge in [-0.25, -0.2) is 12.8 Å². The topological polar surface area (TPSA) is 75.7 Å². The molecule has 1 N–H and O–H groups in total. The van der Waals surface area contributed by atoms with Crippen LogP contribution in [-0.2, 0) is 10.0 Å². The number of sulfonamides is 1. The molecule has 0 radical (unpaired) electrons. The monoisotopic (exact) mass is 448 g/mol. The van der Waals surface area contributed by atoms with Crippen LogP contribution in [0.1, 0.15) is 10.4 Å². The molecule has 156 valence electrons. The van der Waals surface area contributed by atoms with E-state index in [1.165, 1.54) is 44.5 Å². The Kier molecular flexibility index (Phi) is 6.28. The minimum absolute atomic E-state index is 0.0337. The van der Waals surface area contributed by atoms with Crippen molar-refractivity contribution in [3.05, 3.63) is 83.1 Å². The van der Waals surface area contributed by atoms with Crippen molar-refractivity contribution < 1.29 is 22.3 Å². The molecule has 3 aromatic rings. The van der Waals surface area contributed by atoms with Gasteiger partial charge in [0.2, 0.25) is 0 Å². The van der Waals surface area contributed by atoms with Crippen molar-refractivity contribution in [1.29, 1.82) is 0 Å². The van der Waals surface area contributed by atoms with Crippen LogP contribution >= 0.6 is 11.6 Å². The second kappa shape index (κ2) is 8.73. The SMILES string of the molecule is COc1ccc(N(C)S(=O)(=O)c2cccc(C(=O)Nc3ccc(F)cc3Cl)c2)cc1. The summed E-state index contributed by atoms with van der Waals surface area (Å²) in [4.78, 5) is 12.5. The quantitative estimate of drug-likeness (QED) is 0.599. The average Bonchev–Trinajstić information content (AvgIpc) is 2.75. The number of methoxy groups -OCH3 is 1. The van der Waals surface area contributed by atoms with Crippen molar-refractivity contribution in [2.24, 2.45) is 0 Å². The summed E-state index contributed by atoms with van der Waals surface area (Å²) >= 11 is 5.93. The smallest absolute Gasteiger partial charge is 0.264 e. The zero-order chi connectivity index (χ0) is 21.9. The number of rotatable bonds is 6. The van der Waals surface area contributed by atoms with Gasteiger partial charge in [-0.1, -0.05) is 17.7 Å². The van der Waals surface area contributed by atoms with Gasteiger partial charge in [0.1, 0.15) is 11.6 Å². The van der Waals surface area contributed by atoms with Crippen LogP contribution in [-0.4, -0.2) is 28.5 Å². The summed E-state index contributed by atoms with van der Waals surface area (Å²) in [5.74, 6) is -0.511. The van der Waals surface area contributed by atoms with E-state index in [4.69, 9.17) is 16.3 Å². The van der Waals surface area contributed by atoms with Crippen LogP contribution < -0.4 is 14.4 Å². The van der Waals surface area contributed by atoms with Gasteiger partial charge in [0.15, 0.2) is 0 Å². The van der Waals surface area contributed by atoms with Crippen molar-refractivity contribution >= 4 is 38.9 Å². The van der Waals surface area contributed by atoms with Crippen LogP contribution in [0.15, 0.2) is 71.6 Å². The Hall–Kier alpha value is -3.10. The first-order valence-electron chi connectivity index (χ1n) is 8.72. The van der Waals surface area contributed by atoms with Gasteiger partial charge in [-0.2, -0.15) is 0 Å². The van der Waals surface area contributed by atoms with Gasteiger partial charge < -0.3 is 10.1 Å². The van der Waals surface area contributed by atoms with E-state index in [1.807, 2.05) is 0 Å². The molecule has 6 nitrogen and oxygen atoms in total. The summed E-state index contributed by atoms with van der Waals surface area (Å²) < 4.78 is 45.4. The molecule has 9 heteroatoms. The van der Waals surface area contributed by atoms with E-state index in [2.05, 4.69) is 5.32 Å². The Bertz CT molecular complexity index is 1180. The molecule has 0 saturated carbocycles. The molecule has 0 bridgehead atoms. The van der Waals surface area contributed by atoms with E-state index in [-0.39, 0.29) is 21.2 Å². The third-order valence-electron chi connectivity index (χ3n) is 4.37. The Morgan fingerprint density at radius 3 is 2.40 bits per heavy atom. The highest BCUT2D eigenvalue weighted by Gasteiger charge is 2.22. The molecule has 0 aliphatic heterocycles. The molecular weight excluding hydrogens is 431 g/mol. The molecule has 0 atom stereocenters. The van der Waals surface area contributed by atoms with Crippen LogP contribution in [0, 0.1) is 5.82 Å². The Morgan fingerprint density at radius 1 is 1.07 bits per heavy atom. The van der Waals surface area contributed by atoms with Gasteiger partial charge in [0.25, 0.3) is 15.9 Å². The first-order chi connectivity index (χ1) is 14.2. The summed E-state index contributed by atoms with van der Waals surface area (Å²) in [5, 5.41) is 2.58. The Morgan fingerprint density at radius 2 is 1.77 bits per heavy atom. The number of ether oxygens (including phenoxy) is 1. The van der Waals surface area contributed by atoms with Gasteiger partial charge >= 0.3 is 0 Å². The number of halogens is 2. The highest BCUT2D eigenvalue weighted by molar-refractivity contribution is 7.92. The fourth-order valence-corrected chi connectivity index (χ4v) is 4.13. The largest absolute Gasteiger partial charge is 0.497 e. The van der Waals surface area contributed by atoms with Crippen molar-refractivity contribution in [1.82, 2.24) is 0 Å². The number of nitrogens with one attached hydrogen (secondary N) is 1. The summed E-state index contributed by atoms with van der Waals surface area (Å²) in [7, 11) is -0.980. The number of carbonyl (C=O) groups excluding carboxylic acids is 1. The van der Waals surface area contributed by atoms with Gasteiger partial charge in [0, 0.05) is 12.6 Å². The lowest BCUT2D eigenvalue weighted by Crippen LogP contribution is -2.26. The van der Waals surface area contributed by atoms with Gasteiger partial charge in [-0.05, 0) is 60.7 Å². The number of nitrogens with zero attached hydrogens (tertiary/aromatic N) is 1. The molecule has 0 aromatic heterocycles. The van der Waals surface area contributed by atoms with E-state index < -0.39 is 21.7 Å². The molecular formula is C21H18ClFN2O4S. The van der Waals surface area contributed by atoms with E-state index >= 15 is 0 Å². The maximum atomic E-state index is 13.2. The molecule has 3 rings (SSSR count).